The number of methoxy groups -OCH3 is 1. The van der Waals surface area contributed by atoms with Gasteiger partial charge in [-0.1, -0.05) is 0 Å². The summed E-state index contributed by atoms with van der Waals surface area (Å²) in [6, 6.07) is 1.60. The summed E-state index contributed by atoms with van der Waals surface area (Å²) in [4.78, 5) is 30.3. The van der Waals surface area contributed by atoms with Crippen LogP contribution in [0.25, 0.3) is 0 Å². The van der Waals surface area contributed by atoms with Crippen molar-refractivity contribution in [2.45, 2.75) is 69.9 Å². The second-order valence-electron chi connectivity index (χ2n) is 9.87. The van der Waals surface area contributed by atoms with Gasteiger partial charge in [0, 0.05) is 84.1 Å². The summed E-state index contributed by atoms with van der Waals surface area (Å²) < 4.78 is 50.0. The molecular weight excluding hydrogens is 477 g/mol. The number of ether oxygens (including phenoxy) is 2. The molecule has 3 heterocycles. The largest absolute Gasteiger partial charge is 0.417 e. The first kappa shape index (κ1) is 28.3. The third-order valence-electron chi connectivity index (χ3n) is 7.15. The number of aromatic nitrogens is 1. The Balaban J connectivity index is 0.000000538. The predicted molar refractivity (Wildman–Crippen MR) is 127 cm³/mol. The number of carbonyl (C=O) groups excluding carboxylic acids is 2. The lowest BCUT2D eigenvalue weighted by molar-refractivity contribution is -0.138. The van der Waals surface area contributed by atoms with Crippen molar-refractivity contribution < 1.29 is 32.2 Å². The molecule has 0 radical (unpaired) electrons. The number of hydrogen-bond donors (Lipinski definition) is 1. The Bertz CT molecular complexity index is 912. The molecule has 2 fully saturated rings. The molecule has 1 N–H and O–H groups in total. The maximum Gasteiger partial charge on any atom is 0.417 e. The fraction of sp³-hybridized carbons (Fsp3) is 0.720. The Labute approximate surface area is 210 Å². The van der Waals surface area contributed by atoms with E-state index in [4.69, 9.17) is 9.47 Å². The van der Waals surface area contributed by atoms with E-state index in [0.717, 1.165) is 37.9 Å². The van der Waals surface area contributed by atoms with Crippen molar-refractivity contribution in [2.24, 2.45) is 5.92 Å². The topological polar surface area (TPSA) is 84.0 Å². The highest BCUT2D eigenvalue weighted by Crippen LogP contribution is 2.33. The lowest BCUT2D eigenvalue weighted by Crippen LogP contribution is -2.50. The van der Waals surface area contributed by atoms with E-state index in [1.165, 1.54) is 11.8 Å². The summed E-state index contributed by atoms with van der Waals surface area (Å²) in [7, 11) is 5.13. The van der Waals surface area contributed by atoms with Gasteiger partial charge in [-0.05, 0) is 37.3 Å². The molecule has 1 saturated heterocycles. The van der Waals surface area contributed by atoms with Crippen LogP contribution in [0.15, 0.2) is 12.3 Å². The number of nitrogens with one attached hydrogen (secondary N) is 1. The molecule has 1 aliphatic carbocycles. The second-order valence-corrected chi connectivity index (χ2v) is 9.87. The SMILES string of the molecule is CC(=O)N(C)C.COC1COCCC1NC1CCC(C(=O)N2CCc3ncc(C(F)(F)F)cc3C2)C1. The van der Waals surface area contributed by atoms with Gasteiger partial charge in [-0.25, -0.2) is 0 Å². The van der Waals surface area contributed by atoms with E-state index < -0.39 is 11.7 Å². The van der Waals surface area contributed by atoms with Gasteiger partial charge in [0.25, 0.3) is 0 Å². The normalized spacial score (nSPS) is 26.0. The highest BCUT2D eigenvalue weighted by atomic mass is 19.4. The first-order valence-electron chi connectivity index (χ1n) is 12.4. The van der Waals surface area contributed by atoms with Gasteiger partial charge in [-0.2, -0.15) is 13.2 Å². The Kier molecular flexibility index (Phi) is 9.71. The maximum absolute atomic E-state index is 13.1. The van der Waals surface area contributed by atoms with Gasteiger partial charge in [0.1, 0.15) is 0 Å². The molecule has 4 rings (SSSR count). The molecule has 8 nitrogen and oxygen atoms in total. The number of rotatable bonds is 4. The van der Waals surface area contributed by atoms with Gasteiger partial charge in [0.15, 0.2) is 0 Å². The van der Waals surface area contributed by atoms with Gasteiger partial charge in [0.05, 0.1) is 18.3 Å². The standard InChI is InChI=1S/C21H28F3N3O3.C4H9NO/c1-29-19-12-30-7-5-18(19)26-16-3-2-13(9-16)20(28)27-6-4-17-14(11-27)8-15(10-25-17)21(22,23)24;1-4(6)5(2)3/h8,10,13,16,18-19,26H,2-7,9,11-12H2,1H3;1-3H3. The van der Waals surface area contributed by atoms with Crippen molar-refractivity contribution in [3.63, 3.8) is 0 Å². The highest BCUT2D eigenvalue weighted by molar-refractivity contribution is 5.79. The number of fused-ring (bicyclic) bond motifs is 1. The van der Waals surface area contributed by atoms with E-state index in [1.54, 1.807) is 26.1 Å². The van der Waals surface area contributed by atoms with E-state index in [1.807, 2.05) is 0 Å². The zero-order valence-electron chi connectivity index (χ0n) is 21.4. The quantitative estimate of drug-likeness (QED) is 0.665. The number of halogens is 3. The zero-order chi connectivity index (χ0) is 26.5. The third-order valence-corrected chi connectivity index (χ3v) is 7.15. The van der Waals surface area contributed by atoms with E-state index in [0.29, 0.717) is 37.4 Å². The summed E-state index contributed by atoms with van der Waals surface area (Å²) in [5.41, 5.74) is 0.398. The average Bonchev–Trinajstić information content (AvgIpc) is 3.31. The van der Waals surface area contributed by atoms with Gasteiger partial charge in [-0.3, -0.25) is 14.6 Å². The third kappa shape index (κ3) is 7.39. The van der Waals surface area contributed by atoms with Crippen molar-refractivity contribution in [3.8, 4) is 0 Å². The van der Waals surface area contributed by atoms with Gasteiger partial charge >= 0.3 is 6.18 Å². The molecule has 0 aromatic carbocycles. The summed E-state index contributed by atoms with van der Waals surface area (Å²) in [6.07, 6.45) is 0.293. The Morgan fingerprint density at radius 1 is 1.25 bits per heavy atom. The summed E-state index contributed by atoms with van der Waals surface area (Å²) in [5.74, 6) is 0.0382. The Morgan fingerprint density at radius 2 is 1.97 bits per heavy atom. The summed E-state index contributed by atoms with van der Waals surface area (Å²) in [6.45, 7) is 3.51. The number of carbonyl (C=O) groups is 2. The number of amides is 2. The number of pyridine rings is 1. The fourth-order valence-corrected chi connectivity index (χ4v) is 4.82. The van der Waals surface area contributed by atoms with E-state index >= 15 is 0 Å². The molecule has 0 spiro atoms. The molecule has 36 heavy (non-hydrogen) atoms. The van der Waals surface area contributed by atoms with E-state index in [2.05, 4.69) is 10.3 Å². The van der Waals surface area contributed by atoms with Crippen molar-refractivity contribution in [1.82, 2.24) is 20.1 Å². The van der Waals surface area contributed by atoms with Crippen molar-refractivity contribution >= 4 is 11.8 Å². The van der Waals surface area contributed by atoms with Crippen molar-refractivity contribution in [2.75, 3.05) is 41.0 Å². The van der Waals surface area contributed by atoms with Crippen LogP contribution >= 0.6 is 0 Å². The van der Waals surface area contributed by atoms with E-state index in [9.17, 15) is 22.8 Å². The minimum Gasteiger partial charge on any atom is -0.379 e. The molecule has 202 valence electrons. The summed E-state index contributed by atoms with van der Waals surface area (Å²) in [5, 5.41) is 3.64. The van der Waals surface area contributed by atoms with Crippen molar-refractivity contribution in [3.05, 3.63) is 29.1 Å². The lowest BCUT2D eigenvalue weighted by atomic mass is 10.00. The van der Waals surface area contributed by atoms with Gasteiger partial charge in [-0.15, -0.1) is 0 Å². The molecule has 2 aliphatic heterocycles. The zero-order valence-corrected chi connectivity index (χ0v) is 21.4. The number of alkyl halides is 3. The van der Waals surface area contributed by atoms with Gasteiger partial charge in [0.2, 0.25) is 11.8 Å². The minimum atomic E-state index is -4.43. The molecule has 0 bridgehead atoms. The van der Waals surface area contributed by atoms with Crippen LogP contribution in [-0.2, 0) is 38.2 Å². The lowest BCUT2D eigenvalue weighted by Gasteiger charge is -2.33. The molecular formula is C25H37F3N4O4. The van der Waals surface area contributed by atoms with Crippen LogP contribution in [0, 0.1) is 5.92 Å². The predicted octanol–water partition coefficient (Wildman–Crippen LogP) is 2.64. The Morgan fingerprint density at radius 3 is 2.61 bits per heavy atom. The highest BCUT2D eigenvalue weighted by Gasteiger charge is 2.37. The molecule has 1 saturated carbocycles. The van der Waals surface area contributed by atoms with E-state index in [-0.39, 0.29) is 42.5 Å². The molecule has 4 atom stereocenters. The van der Waals surface area contributed by atoms with Crippen LogP contribution < -0.4 is 5.32 Å². The minimum absolute atomic E-state index is 0.0161. The molecule has 1 aromatic heterocycles. The Hall–Kier alpha value is -2.24. The van der Waals surface area contributed by atoms with Gasteiger partial charge < -0.3 is 24.6 Å². The van der Waals surface area contributed by atoms with Crippen LogP contribution in [0.1, 0.15) is 49.4 Å². The maximum atomic E-state index is 13.1. The fourth-order valence-electron chi connectivity index (χ4n) is 4.82. The van der Waals surface area contributed by atoms with Crippen LogP contribution in [0.3, 0.4) is 0 Å². The summed E-state index contributed by atoms with van der Waals surface area (Å²) >= 11 is 0. The number of nitrogens with zero attached hydrogens (tertiary/aromatic N) is 3. The molecule has 1 aromatic rings. The monoisotopic (exact) mass is 514 g/mol. The molecule has 4 unspecified atom stereocenters. The first-order chi connectivity index (χ1) is 17.0. The average molecular weight is 515 g/mol. The smallest absolute Gasteiger partial charge is 0.379 e. The first-order valence-corrected chi connectivity index (χ1v) is 12.4. The van der Waals surface area contributed by atoms with Crippen LogP contribution in [0.2, 0.25) is 0 Å². The molecule has 3 aliphatic rings. The van der Waals surface area contributed by atoms with Crippen LogP contribution in [0.4, 0.5) is 13.2 Å². The molecule has 11 heteroatoms. The molecule has 2 amide bonds. The van der Waals surface area contributed by atoms with Crippen LogP contribution in [0.5, 0.6) is 0 Å². The van der Waals surface area contributed by atoms with Crippen LogP contribution in [-0.4, -0.2) is 85.7 Å². The second kappa shape index (κ2) is 12.3. The number of hydrogen-bond acceptors (Lipinski definition) is 6. The van der Waals surface area contributed by atoms with Crippen molar-refractivity contribution in [1.29, 1.82) is 0 Å².